The molecule has 2 saturated heterocycles. The molecule has 3 atom stereocenters. The number of carbonyl (C=O) groups is 1. The largest absolute Gasteiger partial charge is 0.321 e. The van der Waals surface area contributed by atoms with Crippen LogP contribution in [0, 0.1) is 5.92 Å². The minimum atomic E-state index is -2.95. The average Bonchev–Trinajstić information content (AvgIpc) is 3.08. The van der Waals surface area contributed by atoms with Crippen LogP contribution in [0.2, 0.25) is 0 Å². The number of rotatable bonds is 3. The summed E-state index contributed by atoms with van der Waals surface area (Å²) in [5.41, 5.74) is 0. The number of carbonyl (C=O) groups excluding carboxylic acids is 1. The molecule has 0 bridgehead atoms. The van der Waals surface area contributed by atoms with Crippen LogP contribution >= 0.6 is 0 Å². The molecule has 1 amide bonds. The van der Waals surface area contributed by atoms with Gasteiger partial charge in [0.2, 0.25) is 5.91 Å². The Morgan fingerprint density at radius 3 is 2.50 bits per heavy atom. The second-order valence-corrected chi connectivity index (χ2v) is 8.65. The monoisotopic (exact) mass is 300 g/mol. The molecule has 0 aromatic rings. The lowest BCUT2D eigenvalue weighted by molar-refractivity contribution is -0.132. The molecule has 3 unspecified atom stereocenters. The van der Waals surface area contributed by atoms with Gasteiger partial charge in [0, 0.05) is 6.04 Å². The lowest BCUT2D eigenvalue weighted by Crippen LogP contribution is -2.48. The Kier molecular flexibility index (Phi) is 3.79. The lowest BCUT2D eigenvalue weighted by atomic mass is 10.0. The highest BCUT2D eigenvalue weighted by atomic mass is 32.2. The van der Waals surface area contributed by atoms with E-state index in [0.717, 1.165) is 19.3 Å². The number of nitrogens with zero attached hydrogens (tertiary/aromatic N) is 1. The third-order valence-electron chi connectivity index (χ3n) is 5.08. The zero-order chi connectivity index (χ0) is 14.3. The zero-order valence-electron chi connectivity index (χ0n) is 12.0. The Labute approximate surface area is 121 Å². The van der Waals surface area contributed by atoms with Crippen LogP contribution in [0.4, 0.5) is 0 Å². The highest BCUT2D eigenvalue weighted by Gasteiger charge is 2.47. The quantitative estimate of drug-likeness (QED) is 0.841. The van der Waals surface area contributed by atoms with Gasteiger partial charge in [0.05, 0.1) is 23.7 Å². The van der Waals surface area contributed by atoms with Crippen molar-refractivity contribution in [2.24, 2.45) is 5.92 Å². The Morgan fingerprint density at radius 1 is 1.25 bits per heavy atom. The van der Waals surface area contributed by atoms with E-state index in [1.54, 1.807) is 0 Å². The molecule has 1 saturated carbocycles. The molecule has 2 aliphatic heterocycles. The van der Waals surface area contributed by atoms with Crippen molar-refractivity contribution in [3.8, 4) is 0 Å². The van der Waals surface area contributed by atoms with Crippen molar-refractivity contribution in [2.75, 3.05) is 11.5 Å². The van der Waals surface area contributed by atoms with Gasteiger partial charge in [-0.3, -0.25) is 10.1 Å². The van der Waals surface area contributed by atoms with Crippen molar-refractivity contribution in [3.63, 3.8) is 0 Å². The summed E-state index contributed by atoms with van der Waals surface area (Å²) in [6.07, 6.45) is 6.20. The standard InChI is InChI=1S/C14H24N2O3S/c1-2-12-14(17)16(11-7-8-20(18,19)9-11)13(15-12)10-5-3-4-6-10/h10-13,15H,2-9H2,1H3. The Morgan fingerprint density at radius 2 is 1.95 bits per heavy atom. The summed E-state index contributed by atoms with van der Waals surface area (Å²) in [5.74, 6) is 1.00. The van der Waals surface area contributed by atoms with E-state index in [4.69, 9.17) is 0 Å². The summed E-state index contributed by atoms with van der Waals surface area (Å²) >= 11 is 0. The second-order valence-electron chi connectivity index (χ2n) is 6.42. The van der Waals surface area contributed by atoms with Crippen LogP contribution < -0.4 is 5.32 Å². The summed E-state index contributed by atoms with van der Waals surface area (Å²) in [4.78, 5) is 14.5. The number of hydrogen-bond donors (Lipinski definition) is 1. The minimum absolute atomic E-state index is 0.0632. The summed E-state index contributed by atoms with van der Waals surface area (Å²) in [6, 6.07) is -0.231. The highest BCUT2D eigenvalue weighted by Crippen LogP contribution is 2.35. The molecule has 0 aromatic carbocycles. The lowest BCUT2D eigenvalue weighted by Gasteiger charge is -2.33. The molecule has 2 heterocycles. The first kappa shape index (κ1) is 14.3. The first-order valence-corrected chi connectivity index (χ1v) is 9.62. The summed E-state index contributed by atoms with van der Waals surface area (Å²) in [7, 11) is -2.95. The fraction of sp³-hybridized carbons (Fsp3) is 0.929. The molecule has 0 aromatic heterocycles. The van der Waals surface area contributed by atoms with Gasteiger partial charge in [-0.1, -0.05) is 19.8 Å². The van der Waals surface area contributed by atoms with Crippen molar-refractivity contribution in [1.29, 1.82) is 0 Å². The SMILES string of the molecule is CCC1NC(C2CCCC2)N(C2CCS(=O)(=O)C2)C1=O. The normalized spacial score (nSPS) is 38.0. The topological polar surface area (TPSA) is 66.5 Å². The van der Waals surface area contributed by atoms with Gasteiger partial charge in [0.15, 0.2) is 9.84 Å². The van der Waals surface area contributed by atoms with Crippen molar-refractivity contribution in [1.82, 2.24) is 10.2 Å². The molecule has 3 fully saturated rings. The smallest absolute Gasteiger partial charge is 0.241 e. The van der Waals surface area contributed by atoms with Gasteiger partial charge in [0.25, 0.3) is 0 Å². The predicted octanol–water partition coefficient (Wildman–Crippen LogP) is 0.900. The first-order chi connectivity index (χ1) is 9.52. The number of nitrogens with one attached hydrogen (secondary N) is 1. The molecule has 3 aliphatic rings. The number of hydrogen-bond acceptors (Lipinski definition) is 4. The Hall–Kier alpha value is -0.620. The van der Waals surface area contributed by atoms with Crippen molar-refractivity contribution >= 4 is 15.7 Å². The Balaban J connectivity index is 1.82. The molecule has 0 radical (unpaired) electrons. The molecule has 114 valence electrons. The molecule has 3 rings (SSSR count). The maximum absolute atomic E-state index is 12.6. The van der Waals surface area contributed by atoms with Crippen molar-refractivity contribution < 1.29 is 13.2 Å². The van der Waals surface area contributed by atoms with E-state index in [2.05, 4.69) is 5.32 Å². The van der Waals surface area contributed by atoms with Gasteiger partial charge >= 0.3 is 0 Å². The van der Waals surface area contributed by atoms with E-state index in [1.807, 2.05) is 11.8 Å². The van der Waals surface area contributed by atoms with Gasteiger partial charge in [0.1, 0.15) is 0 Å². The molecular weight excluding hydrogens is 276 g/mol. The van der Waals surface area contributed by atoms with Crippen LogP contribution in [0.3, 0.4) is 0 Å². The fourth-order valence-electron chi connectivity index (χ4n) is 4.01. The van der Waals surface area contributed by atoms with Crippen LogP contribution in [0.1, 0.15) is 45.4 Å². The van der Waals surface area contributed by atoms with Gasteiger partial charge in [-0.15, -0.1) is 0 Å². The van der Waals surface area contributed by atoms with E-state index in [-0.39, 0.29) is 35.7 Å². The predicted molar refractivity (Wildman–Crippen MR) is 76.9 cm³/mol. The molecular formula is C14H24N2O3S. The van der Waals surface area contributed by atoms with Crippen LogP contribution in [-0.4, -0.2) is 49.0 Å². The average molecular weight is 300 g/mol. The first-order valence-electron chi connectivity index (χ1n) is 7.80. The number of sulfone groups is 1. The van der Waals surface area contributed by atoms with Gasteiger partial charge < -0.3 is 4.90 Å². The molecule has 0 spiro atoms. The summed E-state index contributed by atoms with van der Waals surface area (Å²) in [6.45, 7) is 2.01. The third-order valence-corrected chi connectivity index (χ3v) is 6.83. The van der Waals surface area contributed by atoms with Crippen LogP contribution in [0.5, 0.6) is 0 Å². The van der Waals surface area contributed by atoms with E-state index < -0.39 is 9.84 Å². The van der Waals surface area contributed by atoms with E-state index in [0.29, 0.717) is 12.3 Å². The van der Waals surface area contributed by atoms with Crippen LogP contribution in [0.15, 0.2) is 0 Å². The fourth-order valence-corrected chi connectivity index (χ4v) is 5.72. The maximum Gasteiger partial charge on any atom is 0.241 e. The van der Waals surface area contributed by atoms with Gasteiger partial charge in [-0.25, -0.2) is 8.42 Å². The third kappa shape index (κ3) is 2.48. The minimum Gasteiger partial charge on any atom is -0.321 e. The van der Waals surface area contributed by atoms with Crippen molar-refractivity contribution in [3.05, 3.63) is 0 Å². The van der Waals surface area contributed by atoms with Crippen LogP contribution in [-0.2, 0) is 14.6 Å². The second kappa shape index (κ2) is 5.30. The van der Waals surface area contributed by atoms with E-state index >= 15 is 0 Å². The maximum atomic E-state index is 12.6. The Bertz CT molecular complexity index is 485. The van der Waals surface area contributed by atoms with Crippen molar-refractivity contribution in [2.45, 2.75) is 63.7 Å². The van der Waals surface area contributed by atoms with Gasteiger partial charge in [-0.2, -0.15) is 0 Å². The molecule has 1 aliphatic carbocycles. The highest BCUT2D eigenvalue weighted by molar-refractivity contribution is 7.91. The zero-order valence-corrected chi connectivity index (χ0v) is 12.9. The molecule has 20 heavy (non-hydrogen) atoms. The van der Waals surface area contributed by atoms with E-state index in [9.17, 15) is 13.2 Å². The van der Waals surface area contributed by atoms with E-state index in [1.165, 1.54) is 12.8 Å². The molecule has 6 heteroatoms. The number of amides is 1. The summed E-state index contributed by atoms with van der Waals surface area (Å²) in [5, 5.41) is 3.47. The summed E-state index contributed by atoms with van der Waals surface area (Å²) < 4.78 is 23.5. The molecule has 1 N–H and O–H groups in total. The van der Waals surface area contributed by atoms with Crippen LogP contribution in [0.25, 0.3) is 0 Å². The van der Waals surface area contributed by atoms with Gasteiger partial charge in [-0.05, 0) is 31.6 Å². The molecule has 5 nitrogen and oxygen atoms in total.